The smallest absolute Gasteiger partial charge is 0.183 e. The van der Waals surface area contributed by atoms with Crippen LogP contribution in [0.5, 0.6) is 0 Å². The molecule has 0 aliphatic heterocycles. The summed E-state index contributed by atoms with van der Waals surface area (Å²) in [5.74, 6) is 0. The third-order valence-electron chi connectivity index (χ3n) is 1.75. The molecule has 0 aliphatic carbocycles. The van der Waals surface area contributed by atoms with Gasteiger partial charge in [-0.1, -0.05) is 26.2 Å². The molecule has 1 nitrogen and oxygen atoms in total. The number of hydrogen-bond donors (Lipinski definition) is 0. The lowest BCUT2D eigenvalue weighted by molar-refractivity contribution is 0.371. The molecule has 0 aromatic carbocycles. The molecular weight excluding hydrogens is 196 g/mol. The Balaban J connectivity index is 3.75. The average molecular weight is 221 g/mol. The Morgan fingerprint density at radius 2 is 1.58 bits per heavy atom. The molecule has 0 aromatic rings. The van der Waals surface area contributed by atoms with Crippen molar-refractivity contribution in [3.63, 3.8) is 0 Å². The van der Waals surface area contributed by atoms with E-state index in [0.717, 1.165) is 6.23 Å². The van der Waals surface area contributed by atoms with Gasteiger partial charge in [-0.25, -0.2) is 0 Å². The molecular formula is C8H24OSi3. The van der Waals surface area contributed by atoms with Gasteiger partial charge in [0.1, 0.15) is 0 Å². The first-order valence-corrected chi connectivity index (χ1v) is 14.1. The van der Waals surface area contributed by atoms with Gasteiger partial charge in [0.2, 0.25) is 0 Å². The van der Waals surface area contributed by atoms with Crippen LogP contribution in [-0.4, -0.2) is 32.1 Å². The highest BCUT2D eigenvalue weighted by Crippen LogP contribution is 2.12. The Bertz CT molecular complexity index is 129. The van der Waals surface area contributed by atoms with Crippen LogP contribution in [0, 0.1) is 0 Å². The van der Waals surface area contributed by atoms with Gasteiger partial charge < -0.3 is 4.43 Å². The van der Waals surface area contributed by atoms with Crippen LogP contribution in [0.3, 0.4) is 0 Å². The molecule has 0 unspecified atom stereocenters. The van der Waals surface area contributed by atoms with E-state index in [1.54, 1.807) is 0 Å². The van der Waals surface area contributed by atoms with Gasteiger partial charge in [-0.05, 0) is 18.8 Å². The maximum absolute atomic E-state index is 6.07. The monoisotopic (exact) mass is 220 g/mol. The maximum atomic E-state index is 6.07. The molecule has 0 amide bonds. The van der Waals surface area contributed by atoms with E-state index < -0.39 is 16.4 Å². The fraction of sp³-hybridized carbons (Fsp3) is 1.00. The summed E-state index contributed by atoms with van der Waals surface area (Å²) in [5.41, 5.74) is 1.44. The van der Waals surface area contributed by atoms with Gasteiger partial charge in [-0.15, -0.1) is 0 Å². The van der Waals surface area contributed by atoms with E-state index in [9.17, 15) is 0 Å². The molecule has 0 radical (unpaired) electrons. The van der Waals surface area contributed by atoms with Crippen LogP contribution >= 0.6 is 0 Å². The van der Waals surface area contributed by atoms with E-state index in [2.05, 4.69) is 39.3 Å². The Morgan fingerprint density at radius 1 is 1.08 bits per heavy atom. The second kappa shape index (κ2) is 4.74. The van der Waals surface area contributed by atoms with E-state index >= 15 is 0 Å². The lowest BCUT2D eigenvalue weighted by Crippen LogP contribution is -2.39. The fourth-order valence-electron chi connectivity index (χ4n) is 1.09. The third kappa shape index (κ3) is 7.27. The van der Waals surface area contributed by atoms with Gasteiger partial charge in [0.15, 0.2) is 8.32 Å². The molecule has 0 fully saturated rings. The minimum Gasteiger partial charge on any atom is -0.421 e. The van der Waals surface area contributed by atoms with Crippen LogP contribution in [0.1, 0.15) is 0 Å². The highest BCUT2D eigenvalue weighted by molar-refractivity contribution is 6.81. The quantitative estimate of drug-likeness (QED) is 0.646. The molecule has 0 aliphatic rings. The maximum Gasteiger partial charge on any atom is 0.183 e. The second-order valence-corrected chi connectivity index (χ2v) is 17.6. The Labute approximate surface area is 81.9 Å². The normalized spacial score (nSPS) is 14.5. The van der Waals surface area contributed by atoms with Gasteiger partial charge in [0.05, 0.1) is 8.07 Å². The summed E-state index contributed by atoms with van der Waals surface area (Å²) in [6.45, 7) is 14.2. The lowest BCUT2D eigenvalue weighted by Gasteiger charge is -2.26. The van der Waals surface area contributed by atoms with Crippen molar-refractivity contribution >= 4 is 25.9 Å². The minimum absolute atomic E-state index is 0.198. The molecule has 12 heavy (non-hydrogen) atoms. The Kier molecular flexibility index (Phi) is 4.98. The summed E-state index contributed by atoms with van der Waals surface area (Å²) in [5, 5.41) is 0. The first-order valence-electron chi connectivity index (χ1n) is 4.91. The highest BCUT2D eigenvalue weighted by Gasteiger charge is 2.24. The molecule has 0 bridgehead atoms. The predicted octanol–water partition coefficient (Wildman–Crippen LogP) is 2.26. The van der Waals surface area contributed by atoms with Crippen molar-refractivity contribution in [3.05, 3.63) is 0 Å². The van der Waals surface area contributed by atoms with Crippen molar-refractivity contribution in [2.75, 3.05) is 6.23 Å². The molecule has 0 saturated heterocycles. The summed E-state index contributed by atoms with van der Waals surface area (Å²) < 4.78 is 6.07. The van der Waals surface area contributed by atoms with Gasteiger partial charge in [-0.3, -0.25) is 0 Å². The van der Waals surface area contributed by atoms with Gasteiger partial charge >= 0.3 is 0 Å². The van der Waals surface area contributed by atoms with Crippen LogP contribution < -0.4 is 0 Å². The predicted molar refractivity (Wildman–Crippen MR) is 66.0 cm³/mol. The molecule has 4 heteroatoms. The van der Waals surface area contributed by atoms with E-state index in [1.165, 1.54) is 5.67 Å². The Hall–Kier alpha value is 0.611. The van der Waals surface area contributed by atoms with E-state index in [4.69, 9.17) is 4.43 Å². The first-order chi connectivity index (χ1) is 5.27. The highest BCUT2D eigenvalue weighted by atomic mass is 28.4. The Morgan fingerprint density at radius 3 is 1.92 bits per heavy atom. The zero-order chi connectivity index (χ0) is 9.83. The second-order valence-electron chi connectivity index (χ2n) is 5.36. The van der Waals surface area contributed by atoms with Crippen LogP contribution in [0.25, 0.3) is 0 Å². The van der Waals surface area contributed by atoms with Crippen molar-refractivity contribution < 1.29 is 4.43 Å². The van der Waals surface area contributed by atoms with Crippen LogP contribution in [0.4, 0.5) is 0 Å². The standard InChI is InChI=1S/C8H24OSi3/c1-10-8-12(5,6)9-7-11(2,3)4/h7-8,10H2,1-6H3. The largest absolute Gasteiger partial charge is 0.421 e. The molecule has 0 saturated carbocycles. The van der Waals surface area contributed by atoms with Gasteiger partial charge in [0.25, 0.3) is 0 Å². The molecule has 0 aromatic heterocycles. The lowest BCUT2D eigenvalue weighted by atomic mass is 11.7. The molecule has 0 N–H and O–H groups in total. The summed E-state index contributed by atoms with van der Waals surface area (Å²) in [4.78, 5) is 0. The van der Waals surface area contributed by atoms with Crippen molar-refractivity contribution in [2.45, 2.75) is 44.9 Å². The van der Waals surface area contributed by atoms with Gasteiger partial charge in [0, 0.05) is 15.7 Å². The topological polar surface area (TPSA) is 9.23 Å². The number of rotatable bonds is 5. The zero-order valence-electron chi connectivity index (χ0n) is 9.53. The molecule has 0 atom stereocenters. The van der Waals surface area contributed by atoms with Gasteiger partial charge in [-0.2, -0.15) is 0 Å². The molecule has 74 valence electrons. The third-order valence-corrected chi connectivity index (χ3v) is 10.8. The fourth-order valence-corrected chi connectivity index (χ4v) is 9.77. The summed E-state index contributed by atoms with van der Waals surface area (Å²) in [6, 6.07) is 0. The van der Waals surface area contributed by atoms with E-state index in [-0.39, 0.29) is 9.52 Å². The van der Waals surface area contributed by atoms with Crippen molar-refractivity contribution in [1.82, 2.24) is 0 Å². The van der Waals surface area contributed by atoms with Crippen molar-refractivity contribution in [1.29, 1.82) is 0 Å². The van der Waals surface area contributed by atoms with E-state index in [1.807, 2.05) is 0 Å². The number of hydrogen-bond acceptors (Lipinski definition) is 1. The minimum atomic E-state index is -1.22. The first kappa shape index (κ1) is 12.6. The van der Waals surface area contributed by atoms with Crippen LogP contribution in [0.2, 0.25) is 44.9 Å². The summed E-state index contributed by atoms with van der Waals surface area (Å²) in [7, 11) is -1.99. The SMILES string of the molecule is C[SiH2]C[Si](C)(C)OC[Si](C)(C)C. The average Bonchev–Trinajstić information content (AvgIpc) is 1.83. The van der Waals surface area contributed by atoms with Crippen molar-refractivity contribution in [3.8, 4) is 0 Å². The van der Waals surface area contributed by atoms with E-state index in [0.29, 0.717) is 0 Å². The molecule has 0 spiro atoms. The molecule has 0 heterocycles. The zero-order valence-corrected chi connectivity index (χ0v) is 12.9. The van der Waals surface area contributed by atoms with Crippen molar-refractivity contribution in [2.24, 2.45) is 0 Å². The molecule has 0 rings (SSSR count). The van der Waals surface area contributed by atoms with Crippen LogP contribution in [0.15, 0.2) is 0 Å². The van der Waals surface area contributed by atoms with Crippen LogP contribution in [-0.2, 0) is 4.43 Å². The summed E-state index contributed by atoms with van der Waals surface area (Å²) >= 11 is 0. The summed E-state index contributed by atoms with van der Waals surface area (Å²) in [6.07, 6.45) is 1.07.